The molecule has 1 aromatic heterocycles. The highest BCUT2D eigenvalue weighted by atomic mass is 16.5. The number of ether oxygens (including phenoxy) is 1. The third-order valence-electron chi connectivity index (χ3n) is 3.92. The van der Waals surface area contributed by atoms with Gasteiger partial charge < -0.3 is 15.2 Å². The Morgan fingerprint density at radius 3 is 3.05 bits per heavy atom. The van der Waals surface area contributed by atoms with E-state index in [9.17, 15) is 9.90 Å². The number of aromatic nitrogens is 1. The molecule has 104 valence electrons. The molecule has 0 radical (unpaired) electrons. The first kappa shape index (κ1) is 12.9. The number of nitrogens with zero attached hydrogens (tertiary/aromatic N) is 1. The molecule has 1 aromatic carbocycles. The van der Waals surface area contributed by atoms with E-state index in [-0.39, 0.29) is 12.6 Å². The summed E-state index contributed by atoms with van der Waals surface area (Å²) >= 11 is 0. The number of carboxylic acids is 1. The molecule has 0 spiro atoms. The normalized spacial score (nSPS) is 25.8. The van der Waals surface area contributed by atoms with Crippen LogP contribution in [-0.2, 0) is 9.53 Å². The molecule has 5 heteroatoms. The Labute approximate surface area is 116 Å². The van der Waals surface area contributed by atoms with Gasteiger partial charge in [0.15, 0.2) is 0 Å². The van der Waals surface area contributed by atoms with Crippen LogP contribution in [-0.4, -0.2) is 35.3 Å². The minimum atomic E-state index is -0.912. The van der Waals surface area contributed by atoms with Gasteiger partial charge in [0, 0.05) is 17.3 Å². The Hall–Kier alpha value is -2.14. The van der Waals surface area contributed by atoms with Crippen molar-refractivity contribution in [2.24, 2.45) is 5.41 Å². The summed E-state index contributed by atoms with van der Waals surface area (Å²) in [5, 5.41) is 13.7. The lowest BCUT2D eigenvalue weighted by atomic mass is 9.85. The quantitative estimate of drug-likeness (QED) is 0.895. The Balaban J connectivity index is 1.96. The fourth-order valence-corrected chi connectivity index (χ4v) is 2.49. The first-order chi connectivity index (χ1) is 9.61. The maximum absolute atomic E-state index is 11.5. The van der Waals surface area contributed by atoms with Crippen LogP contribution in [0.5, 0.6) is 0 Å². The summed E-state index contributed by atoms with van der Waals surface area (Å²) in [5.74, 6) is -0.842. The molecular weight excluding hydrogens is 256 g/mol. The summed E-state index contributed by atoms with van der Waals surface area (Å²) in [7, 11) is 0. The van der Waals surface area contributed by atoms with Crippen molar-refractivity contribution >= 4 is 22.6 Å². The topological polar surface area (TPSA) is 71.5 Å². The zero-order chi connectivity index (χ0) is 14.2. The smallest absolute Gasteiger partial charge is 0.313 e. The molecule has 0 aliphatic carbocycles. The number of carboxylic acid groups (broad SMARTS) is 1. The Kier molecular flexibility index (Phi) is 3.06. The second-order valence-electron chi connectivity index (χ2n) is 5.31. The van der Waals surface area contributed by atoms with E-state index in [0.717, 1.165) is 16.6 Å². The van der Waals surface area contributed by atoms with Crippen LogP contribution in [0.2, 0.25) is 0 Å². The highest BCUT2D eigenvalue weighted by Crippen LogP contribution is 2.32. The molecule has 1 fully saturated rings. The number of nitrogens with one attached hydrogen (secondary N) is 1. The van der Waals surface area contributed by atoms with Crippen LogP contribution in [0.3, 0.4) is 0 Å². The molecule has 5 nitrogen and oxygen atoms in total. The molecule has 1 aliphatic rings. The van der Waals surface area contributed by atoms with Gasteiger partial charge in [-0.3, -0.25) is 9.78 Å². The van der Waals surface area contributed by atoms with E-state index in [0.29, 0.717) is 6.61 Å². The van der Waals surface area contributed by atoms with Crippen LogP contribution < -0.4 is 5.32 Å². The Morgan fingerprint density at radius 1 is 1.45 bits per heavy atom. The number of benzene rings is 1. The zero-order valence-corrected chi connectivity index (χ0v) is 11.2. The molecule has 1 aliphatic heterocycles. The Bertz CT molecular complexity index is 653. The second-order valence-corrected chi connectivity index (χ2v) is 5.31. The molecule has 2 unspecified atom stereocenters. The third kappa shape index (κ3) is 2.00. The first-order valence-corrected chi connectivity index (χ1v) is 6.53. The predicted molar refractivity (Wildman–Crippen MR) is 75.7 cm³/mol. The molecular formula is C15H16N2O3. The number of pyridine rings is 1. The predicted octanol–water partition coefficient (Wildman–Crippen LogP) is 2.14. The summed E-state index contributed by atoms with van der Waals surface area (Å²) in [4.78, 5) is 15.8. The van der Waals surface area contributed by atoms with Gasteiger partial charge >= 0.3 is 5.97 Å². The number of carbonyl (C=O) groups is 1. The van der Waals surface area contributed by atoms with E-state index in [4.69, 9.17) is 4.74 Å². The van der Waals surface area contributed by atoms with E-state index >= 15 is 0 Å². The van der Waals surface area contributed by atoms with Crippen LogP contribution in [0.15, 0.2) is 36.5 Å². The maximum atomic E-state index is 11.5. The van der Waals surface area contributed by atoms with E-state index in [1.54, 1.807) is 13.1 Å². The fraction of sp³-hybridized carbons (Fsp3) is 0.333. The van der Waals surface area contributed by atoms with Gasteiger partial charge in [0.1, 0.15) is 5.41 Å². The monoisotopic (exact) mass is 272 g/mol. The van der Waals surface area contributed by atoms with Crippen molar-refractivity contribution in [1.29, 1.82) is 0 Å². The van der Waals surface area contributed by atoms with Crippen molar-refractivity contribution in [2.45, 2.75) is 13.0 Å². The third-order valence-corrected chi connectivity index (χ3v) is 3.92. The van der Waals surface area contributed by atoms with Crippen molar-refractivity contribution in [3.05, 3.63) is 36.5 Å². The lowest BCUT2D eigenvalue weighted by molar-refractivity contribution is -0.148. The molecule has 1 saturated heterocycles. The molecule has 2 aromatic rings. The van der Waals surface area contributed by atoms with Gasteiger partial charge in [0.2, 0.25) is 0 Å². The van der Waals surface area contributed by atoms with Crippen LogP contribution in [0, 0.1) is 5.41 Å². The van der Waals surface area contributed by atoms with Gasteiger partial charge in [0.05, 0.1) is 24.8 Å². The number of fused-ring (bicyclic) bond motifs is 1. The summed E-state index contributed by atoms with van der Waals surface area (Å²) in [6, 6.07) is 9.38. The van der Waals surface area contributed by atoms with Gasteiger partial charge in [0.25, 0.3) is 0 Å². The number of rotatable bonds is 3. The van der Waals surface area contributed by atoms with Crippen molar-refractivity contribution < 1.29 is 14.6 Å². The number of hydrogen-bond donors (Lipinski definition) is 2. The zero-order valence-electron chi connectivity index (χ0n) is 11.2. The van der Waals surface area contributed by atoms with E-state index in [1.807, 2.05) is 30.3 Å². The van der Waals surface area contributed by atoms with Gasteiger partial charge in [-0.25, -0.2) is 0 Å². The molecule has 3 rings (SSSR count). The minimum Gasteiger partial charge on any atom is -0.481 e. The lowest BCUT2D eigenvalue weighted by Crippen LogP contribution is -2.43. The molecule has 0 saturated carbocycles. The molecule has 2 atom stereocenters. The van der Waals surface area contributed by atoms with E-state index < -0.39 is 11.4 Å². The van der Waals surface area contributed by atoms with Crippen molar-refractivity contribution in [3.8, 4) is 0 Å². The average Bonchev–Trinajstić information content (AvgIpc) is 2.82. The van der Waals surface area contributed by atoms with Gasteiger partial charge in [-0.15, -0.1) is 0 Å². The summed E-state index contributed by atoms with van der Waals surface area (Å²) in [5.41, 5.74) is 0.858. The van der Waals surface area contributed by atoms with E-state index in [1.165, 1.54) is 0 Å². The van der Waals surface area contributed by atoms with Crippen molar-refractivity contribution in [3.63, 3.8) is 0 Å². The van der Waals surface area contributed by atoms with Gasteiger partial charge in [-0.05, 0) is 19.1 Å². The van der Waals surface area contributed by atoms with Crippen molar-refractivity contribution in [2.75, 3.05) is 18.5 Å². The largest absolute Gasteiger partial charge is 0.481 e. The summed E-state index contributed by atoms with van der Waals surface area (Å²) < 4.78 is 5.36. The maximum Gasteiger partial charge on any atom is 0.313 e. The van der Waals surface area contributed by atoms with Gasteiger partial charge in [-0.2, -0.15) is 0 Å². The molecule has 2 N–H and O–H groups in total. The highest BCUT2D eigenvalue weighted by molar-refractivity contribution is 5.91. The number of aliphatic carboxylic acids is 1. The number of anilines is 1. The van der Waals surface area contributed by atoms with Crippen LogP contribution in [0.1, 0.15) is 6.92 Å². The lowest BCUT2D eigenvalue weighted by Gasteiger charge is -2.26. The van der Waals surface area contributed by atoms with Crippen molar-refractivity contribution in [1.82, 2.24) is 4.98 Å². The molecule has 0 bridgehead atoms. The minimum absolute atomic E-state index is 0.225. The van der Waals surface area contributed by atoms with Gasteiger partial charge in [-0.1, -0.05) is 18.2 Å². The van der Waals surface area contributed by atoms with E-state index in [2.05, 4.69) is 10.3 Å². The summed E-state index contributed by atoms with van der Waals surface area (Å²) in [6.07, 6.45) is 1.72. The van der Waals surface area contributed by atoms with Crippen LogP contribution in [0.4, 0.5) is 5.69 Å². The molecule has 0 amide bonds. The number of para-hydroxylation sites is 1. The molecule has 2 heterocycles. The standard InChI is InChI=1S/C15H16N2O3/c1-15(14(18)19)9-20-8-13(15)17-12-6-7-16-11-5-3-2-4-10(11)12/h2-7,13H,8-9H2,1H3,(H,16,17)(H,18,19). The number of hydrogen-bond acceptors (Lipinski definition) is 4. The fourth-order valence-electron chi connectivity index (χ4n) is 2.49. The average molecular weight is 272 g/mol. The Morgan fingerprint density at radius 2 is 2.25 bits per heavy atom. The van der Waals surface area contributed by atoms with Crippen LogP contribution >= 0.6 is 0 Å². The summed E-state index contributed by atoms with van der Waals surface area (Å²) in [6.45, 7) is 2.33. The molecule has 20 heavy (non-hydrogen) atoms. The highest BCUT2D eigenvalue weighted by Gasteiger charge is 2.46. The van der Waals surface area contributed by atoms with Crippen LogP contribution in [0.25, 0.3) is 10.9 Å². The SMILES string of the molecule is CC1(C(=O)O)COCC1Nc1ccnc2ccccc12. The first-order valence-electron chi connectivity index (χ1n) is 6.53. The second kappa shape index (κ2) is 4.76.